The highest BCUT2D eigenvalue weighted by Crippen LogP contribution is 2.28. The Hall–Kier alpha value is -1.86. The van der Waals surface area contributed by atoms with Gasteiger partial charge in [0, 0.05) is 39.3 Å². The Morgan fingerprint density at radius 2 is 0.774 bits per heavy atom. The van der Waals surface area contributed by atoms with E-state index in [1.54, 1.807) is 9.80 Å². The van der Waals surface area contributed by atoms with Crippen LogP contribution in [0.15, 0.2) is 0 Å². The van der Waals surface area contributed by atoms with Gasteiger partial charge in [-0.2, -0.15) is 0 Å². The van der Waals surface area contributed by atoms with Crippen molar-refractivity contribution in [1.29, 1.82) is 0 Å². The van der Waals surface area contributed by atoms with Gasteiger partial charge in [-0.3, -0.25) is 19.2 Å². The van der Waals surface area contributed by atoms with Crippen molar-refractivity contribution in [2.75, 3.05) is 132 Å². The summed E-state index contributed by atoms with van der Waals surface area (Å²) in [7, 11) is 0. The minimum absolute atomic E-state index is 0.264. The highest BCUT2D eigenvalue weighted by molar-refractivity contribution is 7.77. The van der Waals surface area contributed by atoms with Crippen LogP contribution in [0.5, 0.6) is 0 Å². The van der Waals surface area contributed by atoms with Gasteiger partial charge in [-0.25, -0.2) is 0 Å². The van der Waals surface area contributed by atoms with Crippen molar-refractivity contribution < 1.29 is 47.6 Å². The summed E-state index contributed by atoms with van der Waals surface area (Å²) in [4.78, 5) is 57.6. The maximum atomic E-state index is 13.5. The average molecular weight is 854 g/mol. The van der Waals surface area contributed by atoms with Gasteiger partial charge in [-0.15, -0.1) is 45.3 Å². The molecule has 3 N–H and O–H groups in total. The number of ether oxygens (including phenoxy) is 6. The third kappa shape index (κ3) is 15.7. The summed E-state index contributed by atoms with van der Waals surface area (Å²) in [5.41, 5.74) is 0. The predicted molar refractivity (Wildman–Crippen MR) is 210 cm³/mol. The zero-order valence-electron chi connectivity index (χ0n) is 29.5. The molecule has 2 aromatic heterocycles. The molecule has 21 heteroatoms. The van der Waals surface area contributed by atoms with Crippen LogP contribution >= 0.6 is 69.8 Å². The molecular formula is C32H47N5O10S6. The molecule has 0 aliphatic carbocycles. The molecule has 0 saturated carbocycles. The maximum Gasteiger partial charge on any atom is 0.265 e. The van der Waals surface area contributed by atoms with Crippen LogP contribution in [0.2, 0.25) is 0 Å². The first-order chi connectivity index (χ1) is 25.8. The van der Waals surface area contributed by atoms with E-state index in [4.69, 9.17) is 52.9 Å². The van der Waals surface area contributed by atoms with Gasteiger partial charge in [0.05, 0.1) is 79.3 Å². The van der Waals surface area contributed by atoms with E-state index in [0.717, 1.165) is 45.3 Å². The van der Waals surface area contributed by atoms with Crippen LogP contribution < -0.4 is 16.0 Å². The Kier molecular flexibility index (Phi) is 21.0. The molecule has 2 aliphatic rings. The Bertz CT molecular complexity index is 1430. The van der Waals surface area contributed by atoms with Crippen molar-refractivity contribution in [1.82, 2.24) is 25.8 Å². The van der Waals surface area contributed by atoms with Crippen LogP contribution in [0.1, 0.15) is 51.5 Å². The van der Waals surface area contributed by atoms with Gasteiger partial charge < -0.3 is 54.2 Å². The molecule has 0 unspecified atom stereocenters. The Morgan fingerprint density at radius 3 is 1.11 bits per heavy atom. The Balaban J connectivity index is 1.15. The number of nitrogens with zero attached hydrogens (tertiary/aromatic N) is 2. The summed E-state index contributed by atoms with van der Waals surface area (Å²) in [5, 5.41) is 9.12. The van der Waals surface area contributed by atoms with Crippen LogP contribution in [0.3, 0.4) is 0 Å². The summed E-state index contributed by atoms with van der Waals surface area (Å²) >= 11 is 15.3. The molecular weight excluding hydrogens is 807 g/mol. The molecule has 0 radical (unpaired) electrons. The molecule has 0 aromatic carbocycles. The topological polar surface area (TPSA) is 166 Å². The minimum atomic E-state index is -0.332. The lowest BCUT2D eigenvalue weighted by Crippen LogP contribution is -2.38. The van der Waals surface area contributed by atoms with Crippen LogP contribution in [-0.4, -0.2) is 165 Å². The van der Waals surface area contributed by atoms with Crippen molar-refractivity contribution in [2.24, 2.45) is 0 Å². The van der Waals surface area contributed by atoms with Gasteiger partial charge in [-0.05, 0) is 25.9 Å². The summed E-state index contributed by atoms with van der Waals surface area (Å²) < 4.78 is 34.2. The highest BCUT2D eigenvalue weighted by atomic mass is 32.2. The quantitative estimate of drug-likeness (QED) is 0.211. The lowest BCUT2D eigenvalue weighted by molar-refractivity contribution is -0.00429. The van der Waals surface area contributed by atoms with Crippen LogP contribution in [0.25, 0.3) is 0 Å². The smallest absolute Gasteiger partial charge is 0.265 e. The molecule has 0 spiro atoms. The number of rotatable bonds is 12. The van der Waals surface area contributed by atoms with Crippen LogP contribution in [0.4, 0.5) is 0 Å². The van der Waals surface area contributed by atoms with Crippen molar-refractivity contribution >= 4 is 93.4 Å². The van der Waals surface area contributed by atoms with Crippen LogP contribution in [-0.2, 0) is 28.4 Å². The lowest BCUT2D eigenvalue weighted by atomic mass is 10.3. The summed E-state index contributed by atoms with van der Waals surface area (Å²) in [6, 6.07) is 0. The largest absolute Gasteiger partial charge is 0.377 e. The molecule has 2 fully saturated rings. The molecule has 15 nitrogen and oxygen atoms in total. The summed E-state index contributed by atoms with van der Waals surface area (Å²) in [5.74, 6) is -1.19. The van der Waals surface area contributed by atoms with E-state index in [1.807, 2.05) is 0 Å². The SMILES string of the molecule is O=C(NCCCNCCCNC(=O)c1sc(=S)sc1C(=O)N1CCOCCOCCOCC1)c1sc(=S)sc1C(=O)N1CCOCCOCCOCC1. The molecule has 2 saturated heterocycles. The molecule has 296 valence electrons. The van der Waals surface area contributed by atoms with Gasteiger partial charge in [0.2, 0.25) is 0 Å². The average Bonchev–Trinajstić information content (AvgIpc) is 3.73. The standard InChI is InChI=1S/C32H47N5O10S6/c38-27(23-25(52-31(48)50-23)29(40)36-7-11-42-15-19-46-20-16-43-12-8-36)34-5-1-3-33-4-2-6-35-28(39)24-26(53-32(49)51-24)30(41)37-9-13-44-17-21-47-22-18-45-14-10-37/h33H,1-22H2,(H,34,38)(H,35,39). The Morgan fingerprint density at radius 1 is 0.472 bits per heavy atom. The number of hydrogen-bond acceptors (Lipinski definition) is 17. The molecule has 4 rings (SSSR count). The third-order valence-electron chi connectivity index (χ3n) is 7.67. The van der Waals surface area contributed by atoms with E-state index in [1.165, 1.54) is 0 Å². The van der Waals surface area contributed by atoms with Crippen molar-refractivity contribution in [3.05, 3.63) is 25.8 Å². The second-order valence-electron chi connectivity index (χ2n) is 11.5. The zero-order chi connectivity index (χ0) is 37.7. The molecule has 2 aliphatic heterocycles. The van der Waals surface area contributed by atoms with Gasteiger partial charge in [0.1, 0.15) is 25.8 Å². The first-order valence-corrected chi connectivity index (χ1v) is 21.5. The third-order valence-corrected chi connectivity index (χ3v) is 12.9. The first-order valence-electron chi connectivity index (χ1n) is 17.4. The van der Waals surface area contributed by atoms with E-state index >= 15 is 0 Å². The molecule has 4 heterocycles. The van der Waals surface area contributed by atoms with Crippen molar-refractivity contribution in [2.45, 2.75) is 12.8 Å². The van der Waals surface area contributed by atoms with E-state index < -0.39 is 0 Å². The second kappa shape index (κ2) is 25.3. The number of hydrogen-bond donors (Lipinski definition) is 3. The minimum Gasteiger partial charge on any atom is -0.377 e. The maximum absolute atomic E-state index is 13.5. The molecule has 2 aromatic rings. The van der Waals surface area contributed by atoms with Crippen molar-refractivity contribution in [3.8, 4) is 0 Å². The highest BCUT2D eigenvalue weighted by Gasteiger charge is 2.27. The first kappa shape index (κ1) is 43.9. The lowest BCUT2D eigenvalue weighted by Gasteiger charge is -2.23. The summed E-state index contributed by atoms with van der Waals surface area (Å²) in [6.45, 7) is 8.50. The van der Waals surface area contributed by atoms with E-state index in [9.17, 15) is 19.2 Å². The van der Waals surface area contributed by atoms with Crippen LogP contribution in [0, 0.1) is 6.28 Å². The molecule has 4 amide bonds. The fourth-order valence-electron chi connectivity index (χ4n) is 4.96. The van der Waals surface area contributed by atoms with E-state index in [-0.39, 0.29) is 23.6 Å². The molecule has 0 bridgehead atoms. The number of nitrogens with one attached hydrogen (secondary N) is 3. The number of carbonyl (C=O) groups excluding carboxylic acids is 4. The fourth-order valence-corrected chi connectivity index (χ4v) is 9.95. The van der Waals surface area contributed by atoms with Gasteiger partial charge in [0.25, 0.3) is 23.6 Å². The Labute approximate surface area is 335 Å². The molecule has 0 atom stereocenters. The van der Waals surface area contributed by atoms with E-state index in [2.05, 4.69) is 16.0 Å². The monoisotopic (exact) mass is 853 g/mol. The predicted octanol–water partition coefficient (Wildman–Crippen LogP) is 2.93. The molecule has 53 heavy (non-hydrogen) atoms. The number of carbonyl (C=O) groups is 4. The van der Waals surface area contributed by atoms with Gasteiger partial charge in [-0.1, -0.05) is 24.4 Å². The zero-order valence-corrected chi connectivity index (χ0v) is 34.4. The summed E-state index contributed by atoms with van der Waals surface area (Å²) in [6.07, 6.45) is 1.32. The number of amides is 4. The second-order valence-corrected chi connectivity index (χ2v) is 17.9. The van der Waals surface area contributed by atoms with Crippen molar-refractivity contribution in [3.63, 3.8) is 0 Å². The fraction of sp³-hybridized carbons (Fsp3) is 0.688. The van der Waals surface area contributed by atoms with E-state index in [0.29, 0.717) is 170 Å². The van der Waals surface area contributed by atoms with Gasteiger partial charge >= 0.3 is 0 Å². The van der Waals surface area contributed by atoms with Gasteiger partial charge in [0.15, 0.2) is 0 Å². The normalized spacial score (nSPS) is 17.4.